The molecule has 1 fully saturated rings. The molecule has 0 atom stereocenters. The SMILES string of the molecule is Fc1ccc(-n2c(C3CCOCC3)c(-c3ccc(OCC(F)(F)F)nc3)c3cc4c(cc32)C=NC4)cc1. The highest BCUT2D eigenvalue weighted by atomic mass is 19.4. The molecule has 2 aromatic carbocycles. The van der Waals surface area contributed by atoms with E-state index in [-0.39, 0.29) is 17.6 Å². The van der Waals surface area contributed by atoms with Gasteiger partial charge in [-0.3, -0.25) is 4.99 Å². The first-order valence-electron chi connectivity index (χ1n) is 12.1. The average molecular weight is 510 g/mol. The number of aromatic nitrogens is 2. The molecule has 0 N–H and O–H groups in total. The molecule has 0 radical (unpaired) electrons. The Kier molecular flexibility index (Phi) is 5.95. The van der Waals surface area contributed by atoms with E-state index >= 15 is 0 Å². The van der Waals surface area contributed by atoms with Gasteiger partial charge in [-0.25, -0.2) is 9.37 Å². The van der Waals surface area contributed by atoms with Crippen molar-refractivity contribution in [2.75, 3.05) is 19.8 Å². The molecule has 0 spiro atoms. The summed E-state index contributed by atoms with van der Waals surface area (Å²) in [7, 11) is 0. The lowest BCUT2D eigenvalue weighted by molar-refractivity contribution is -0.154. The Morgan fingerprint density at radius 3 is 2.51 bits per heavy atom. The fourth-order valence-corrected chi connectivity index (χ4v) is 5.21. The second-order valence-electron chi connectivity index (χ2n) is 9.29. The van der Waals surface area contributed by atoms with E-state index in [4.69, 9.17) is 9.47 Å². The second kappa shape index (κ2) is 9.30. The zero-order valence-corrected chi connectivity index (χ0v) is 19.8. The van der Waals surface area contributed by atoms with E-state index in [9.17, 15) is 17.6 Å². The minimum Gasteiger partial charge on any atom is -0.468 e. The molecule has 1 saturated heterocycles. The molecule has 2 aliphatic heterocycles. The smallest absolute Gasteiger partial charge is 0.422 e. The minimum absolute atomic E-state index is 0.0924. The van der Waals surface area contributed by atoms with Gasteiger partial charge in [-0.2, -0.15) is 13.2 Å². The van der Waals surface area contributed by atoms with Crippen LogP contribution in [0.25, 0.3) is 27.7 Å². The van der Waals surface area contributed by atoms with Gasteiger partial charge in [-0.15, -0.1) is 0 Å². The number of fused-ring (bicyclic) bond motifs is 2. The van der Waals surface area contributed by atoms with E-state index in [1.165, 1.54) is 18.2 Å². The molecular weight excluding hydrogens is 486 g/mol. The number of halogens is 4. The van der Waals surface area contributed by atoms with Gasteiger partial charge in [0.25, 0.3) is 0 Å². The molecule has 9 heteroatoms. The molecule has 0 aliphatic carbocycles. The predicted molar refractivity (Wildman–Crippen MR) is 132 cm³/mol. The molecule has 0 amide bonds. The van der Waals surface area contributed by atoms with Crippen LogP contribution in [0.4, 0.5) is 17.6 Å². The van der Waals surface area contributed by atoms with Crippen molar-refractivity contribution in [2.24, 2.45) is 4.99 Å². The van der Waals surface area contributed by atoms with Crippen molar-refractivity contribution < 1.29 is 27.0 Å². The maximum atomic E-state index is 13.9. The van der Waals surface area contributed by atoms with E-state index in [0.29, 0.717) is 19.8 Å². The predicted octanol–water partition coefficient (Wildman–Crippen LogP) is 6.60. The summed E-state index contributed by atoms with van der Waals surface area (Å²) in [5.41, 5.74) is 6.69. The molecule has 2 aromatic heterocycles. The number of alkyl halides is 3. The van der Waals surface area contributed by atoms with Crippen molar-refractivity contribution in [1.29, 1.82) is 0 Å². The van der Waals surface area contributed by atoms with Gasteiger partial charge in [0.2, 0.25) is 5.88 Å². The van der Waals surface area contributed by atoms with Gasteiger partial charge in [0, 0.05) is 65.5 Å². The second-order valence-corrected chi connectivity index (χ2v) is 9.29. The van der Waals surface area contributed by atoms with Crippen LogP contribution in [0.15, 0.2) is 59.7 Å². The largest absolute Gasteiger partial charge is 0.468 e. The topological polar surface area (TPSA) is 48.6 Å². The monoisotopic (exact) mass is 509 g/mol. The Morgan fingerprint density at radius 1 is 1.03 bits per heavy atom. The summed E-state index contributed by atoms with van der Waals surface area (Å²) in [6, 6.07) is 13.8. The quantitative estimate of drug-likeness (QED) is 0.285. The van der Waals surface area contributed by atoms with Crippen molar-refractivity contribution in [3.8, 4) is 22.7 Å². The maximum absolute atomic E-state index is 13.9. The van der Waals surface area contributed by atoms with E-state index < -0.39 is 12.8 Å². The van der Waals surface area contributed by atoms with Crippen LogP contribution >= 0.6 is 0 Å². The average Bonchev–Trinajstić information content (AvgIpc) is 3.49. The number of hydrogen-bond donors (Lipinski definition) is 0. The van der Waals surface area contributed by atoms with Gasteiger partial charge in [0.05, 0.1) is 12.1 Å². The Bertz CT molecular complexity index is 1470. The third-order valence-corrected chi connectivity index (χ3v) is 6.86. The van der Waals surface area contributed by atoms with E-state index in [2.05, 4.69) is 26.7 Å². The fourth-order valence-electron chi connectivity index (χ4n) is 5.21. The van der Waals surface area contributed by atoms with Gasteiger partial charge >= 0.3 is 6.18 Å². The van der Waals surface area contributed by atoms with Crippen molar-refractivity contribution in [2.45, 2.75) is 31.5 Å². The van der Waals surface area contributed by atoms with Gasteiger partial charge < -0.3 is 14.0 Å². The van der Waals surface area contributed by atoms with Crippen LogP contribution in [0.3, 0.4) is 0 Å². The first-order chi connectivity index (χ1) is 17.9. The van der Waals surface area contributed by atoms with Crippen molar-refractivity contribution in [3.05, 3.63) is 77.4 Å². The number of benzene rings is 2. The summed E-state index contributed by atoms with van der Waals surface area (Å²) in [6.07, 6.45) is 0.598. The van der Waals surface area contributed by atoms with Gasteiger partial charge in [-0.1, -0.05) is 0 Å². The molecule has 0 bridgehead atoms. The highest BCUT2D eigenvalue weighted by molar-refractivity contribution is 6.03. The van der Waals surface area contributed by atoms with Gasteiger partial charge in [0.1, 0.15) is 5.82 Å². The van der Waals surface area contributed by atoms with Crippen LogP contribution in [0, 0.1) is 5.82 Å². The highest BCUT2D eigenvalue weighted by Crippen LogP contribution is 2.44. The summed E-state index contributed by atoms with van der Waals surface area (Å²) in [4.78, 5) is 8.60. The van der Waals surface area contributed by atoms with E-state index in [1.807, 2.05) is 6.21 Å². The molecular formula is C28H23F4N3O2. The zero-order valence-electron chi connectivity index (χ0n) is 19.8. The van der Waals surface area contributed by atoms with E-state index in [1.54, 1.807) is 24.4 Å². The minimum atomic E-state index is -4.44. The van der Waals surface area contributed by atoms with Crippen LogP contribution in [-0.4, -0.2) is 41.8 Å². The number of pyridine rings is 1. The number of aliphatic imine (C=N–C) groups is 1. The van der Waals surface area contributed by atoms with Crippen molar-refractivity contribution >= 4 is 17.1 Å². The third-order valence-electron chi connectivity index (χ3n) is 6.86. The van der Waals surface area contributed by atoms with Crippen LogP contribution in [-0.2, 0) is 11.3 Å². The van der Waals surface area contributed by atoms with Crippen LogP contribution in [0.1, 0.15) is 35.6 Å². The molecule has 5 nitrogen and oxygen atoms in total. The Hall–Kier alpha value is -3.72. The number of nitrogens with zero attached hydrogens (tertiary/aromatic N) is 3. The molecule has 4 heterocycles. The Balaban J connectivity index is 1.57. The lowest BCUT2D eigenvalue weighted by Gasteiger charge is -2.25. The molecule has 2 aliphatic rings. The van der Waals surface area contributed by atoms with Crippen molar-refractivity contribution in [3.63, 3.8) is 0 Å². The molecule has 6 rings (SSSR count). The zero-order chi connectivity index (χ0) is 25.6. The molecule has 37 heavy (non-hydrogen) atoms. The Morgan fingerprint density at radius 2 is 1.81 bits per heavy atom. The van der Waals surface area contributed by atoms with Gasteiger partial charge in [0.15, 0.2) is 6.61 Å². The number of hydrogen-bond acceptors (Lipinski definition) is 4. The lowest BCUT2D eigenvalue weighted by atomic mass is 9.90. The van der Waals surface area contributed by atoms with Crippen molar-refractivity contribution in [1.82, 2.24) is 9.55 Å². The first kappa shape index (κ1) is 23.7. The number of rotatable bonds is 5. The van der Waals surface area contributed by atoms with E-state index in [0.717, 1.165) is 57.4 Å². The summed E-state index contributed by atoms with van der Waals surface area (Å²) in [5.74, 6) is -0.254. The van der Waals surface area contributed by atoms with Crippen LogP contribution in [0.2, 0.25) is 0 Å². The summed E-state index contributed by atoms with van der Waals surface area (Å²) >= 11 is 0. The highest BCUT2D eigenvalue weighted by Gasteiger charge is 2.30. The van der Waals surface area contributed by atoms with Crippen LogP contribution < -0.4 is 4.74 Å². The Labute approximate surface area is 210 Å². The molecule has 4 aromatic rings. The molecule has 0 unspecified atom stereocenters. The van der Waals surface area contributed by atoms with Crippen LogP contribution in [0.5, 0.6) is 5.88 Å². The first-order valence-corrected chi connectivity index (χ1v) is 12.1. The third kappa shape index (κ3) is 4.59. The fraction of sp³-hybridized carbons (Fsp3) is 0.286. The standard InChI is InChI=1S/C28H23F4N3O2/c29-21-2-4-22(5-3-21)35-24-12-20-14-33-13-19(20)11-23(24)26(27(35)17-7-9-36-10-8-17)18-1-6-25(34-15-18)37-16-28(30,31)32/h1-6,11-12,14-15,17H,7-10,13,16H2. The maximum Gasteiger partial charge on any atom is 0.422 e. The molecule has 0 saturated carbocycles. The summed E-state index contributed by atoms with van der Waals surface area (Å²) in [5, 5.41) is 0.987. The molecule has 190 valence electrons. The summed E-state index contributed by atoms with van der Waals surface area (Å²) < 4.78 is 64.4. The lowest BCUT2D eigenvalue weighted by Crippen LogP contribution is -2.19. The van der Waals surface area contributed by atoms with Gasteiger partial charge in [-0.05, 0) is 66.4 Å². The normalized spacial score (nSPS) is 15.9. The number of ether oxygens (including phenoxy) is 2. The summed E-state index contributed by atoms with van der Waals surface area (Å²) in [6.45, 7) is 0.436.